The van der Waals surface area contributed by atoms with Crippen LogP contribution in [-0.4, -0.2) is 38.2 Å². The summed E-state index contributed by atoms with van der Waals surface area (Å²) in [4.78, 5) is 41.9. The molecule has 2 aliphatic heterocycles. The molecule has 5 rings (SSSR count). The van der Waals surface area contributed by atoms with Gasteiger partial charge in [-0.05, 0) is 24.1 Å². The number of alkyl halides is 3. The van der Waals surface area contributed by atoms with Gasteiger partial charge < -0.3 is 9.47 Å². The van der Waals surface area contributed by atoms with Gasteiger partial charge in [0, 0.05) is 36.7 Å². The fourth-order valence-electron chi connectivity index (χ4n) is 4.59. The minimum Gasteiger partial charge on any atom is -0.327 e. The lowest BCUT2D eigenvalue weighted by atomic mass is 10.0. The van der Waals surface area contributed by atoms with Crippen molar-refractivity contribution in [1.29, 1.82) is 0 Å². The number of carbonyl (C=O) groups excluding carboxylic acids is 3. The molecule has 1 atom stereocenters. The third-order valence-corrected chi connectivity index (χ3v) is 6.19. The number of rotatable bonds is 3. The first-order valence-corrected chi connectivity index (χ1v) is 10.6. The van der Waals surface area contributed by atoms with Gasteiger partial charge in [-0.2, -0.15) is 13.2 Å². The Bertz CT molecular complexity index is 1330. The number of benzene rings is 2. The summed E-state index contributed by atoms with van der Waals surface area (Å²) in [6.07, 6.45) is -4.29. The van der Waals surface area contributed by atoms with Crippen LogP contribution in [0.15, 0.2) is 48.5 Å². The van der Waals surface area contributed by atoms with Crippen LogP contribution in [-0.2, 0) is 29.4 Å². The second kappa shape index (κ2) is 7.82. The number of amides is 3. The zero-order valence-corrected chi connectivity index (χ0v) is 18.0. The molecule has 3 aromatic rings. The quantitative estimate of drug-likeness (QED) is 0.596. The number of nitrogens with one attached hydrogen (secondary N) is 1. The van der Waals surface area contributed by atoms with Gasteiger partial charge in [0.25, 0.3) is 5.91 Å². The van der Waals surface area contributed by atoms with Crippen LogP contribution in [0.2, 0.25) is 0 Å². The van der Waals surface area contributed by atoms with Crippen LogP contribution in [0.1, 0.15) is 34.5 Å². The largest absolute Gasteiger partial charge is 0.435 e. The van der Waals surface area contributed by atoms with Gasteiger partial charge in [0.2, 0.25) is 11.8 Å². The second-order valence-corrected chi connectivity index (χ2v) is 8.33. The van der Waals surface area contributed by atoms with Crippen LogP contribution in [0.4, 0.5) is 13.2 Å². The summed E-state index contributed by atoms with van der Waals surface area (Å²) in [6, 6.07) is 12.2. The van der Waals surface area contributed by atoms with Crippen LogP contribution in [0.25, 0.3) is 22.6 Å². The van der Waals surface area contributed by atoms with Crippen molar-refractivity contribution >= 4 is 17.7 Å². The van der Waals surface area contributed by atoms with Gasteiger partial charge in [-0.25, -0.2) is 4.98 Å². The Labute approximate surface area is 192 Å². The van der Waals surface area contributed by atoms with Gasteiger partial charge in [0.05, 0.1) is 5.69 Å². The number of carbonyl (C=O) groups is 3. The van der Waals surface area contributed by atoms with Crippen molar-refractivity contribution in [3.8, 4) is 22.6 Å². The molecule has 0 radical (unpaired) electrons. The van der Waals surface area contributed by atoms with Crippen LogP contribution in [0.3, 0.4) is 0 Å². The summed E-state index contributed by atoms with van der Waals surface area (Å²) in [7, 11) is 1.52. The maximum atomic E-state index is 13.8. The van der Waals surface area contributed by atoms with Crippen LogP contribution in [0, 0.1) is 0 Å². The standard InChI is InChI=1S/C24H19F3N4O3/c1-30-19(13-5-3-2-4-6-13)20(24(25,26)27)29-21(30)14-7-8-16-15(11-14)12-31(23(16)34)17-9-10-18(32)28-22(17)33/h2-8,11,17H,9-10,12H2,1H3,(H,28,32,33). The molecule has 1 aromatic heterocycles. The van der Waals surface area contributed by atoms with E-state index in [9.17, 15) is 27.6 Å². The maximum Gasteiger partial charge on any atom is 0.435 e. The van der Waals surface area contributed by atoms with Crippen molar-refractivity contribution in [2.75, 3.05) is 0 Å². The number of halogens is 3. The smallest absolute Gasteiger partial charge is 0.327 e. The van der Waals surface area contributed by atoms with E-state index in [1.165, 1.54) is 16.5 Å². The van der Waals surface area contributed by atoms with Gasteiger partial charge in [-0.3, -0.25) is 19.7 Å². The summed E-state index contributed by atoms with van der Waals surface area (Å²) in [6.45, 7) is 0.121. The third-order valence-electron chi connectivity index (χ3n) is 6.19. The molecule has 3 amide bonds. The molecule has 2 aromatic carbocycles. The van der Waals surface area contributed by atoms with Crippen molar-refractivity contribution in [1.82, 2.24) is 19.8 Å². The predicted molar refractivity (Wildman–Crippen MR) is 115 cm³/mol. The zero-order valence-electron chi connectivity index (χ0n) is 18.0. The van der Waals surface area contributed by atoms with Crippen molar-refractivity contribution < 1.29 is 27.6 Å². The number of piperidine rings is 1. The molecule has 1 N–H and O–H groups in total. The van der Waals surface area contributed by atoms with Crippen molar-refractivity contribution in [2.45, 2.75) is 31.6 Å². The first-order valence-electron chi connectivity index (χ1n) is 10.6. The predicted octanol–water partition coefficient (Wildman–Crippen LogP) is 3.53. The van der Waals surface area contributed by atoms with Gasteiger partial charge in [0.15, 0.2) is 5.69 Å². The second-order valence-electron chi connectivity index (χ2n) is 8.33. The number of hydrogen-bond donors (Lipinski definition) is 1. The molecule has 1 fully saturated rings. The van der Waals surface area contributed by atoms with E-state index in [4.69, 9.17) is 0 Å². The molecule has 2 aliphatic rings. The van der Waals surface area contributed by atoms with Gasteiger partial charge in [0.1, 0.15) is 11.9 Å². The molecule has 0 bridgehead atoms. The summed E-state index contributed by atoms with van der Waals surface area (Å²) >= 11 is 0. The monoisotopic (exact) mass is 468 g/mol. The molecular formula is C24H19F3N4O3. The van der Waals surface area contributed by atoms with E-state index in [-0.39, 0.29) is 42.7 Å². The number of aromatic nitrogens is 2. The first kappa shape index (κ1) is 21.9. The van der Waals surface area contributed by atoms with Crippen LogP contribution < -0.4 is 5.32 Å². The molecule has 0 saturated carbocycles. The Morgan fingerprint density at radius 2 is 1.76 bits per heavy atom. The number of imidazole rings is 1. The van der Waals surface area contributed by atoms with E-state index in [1.807, 2.05) is 0 Å². The Balaban J connectivity index is 1.53. The van der Waals surface area contributed by atoms with E-state index in [1.54, 1.807) is 48.5 Å². The summed E-state index contributed by atoms with van der Waals surface area (Å²) in [5, 5.41) is 2.25. The zero-order chi connectivity index (χ0) is 24.2. The topological polar surface area (TPSA) is 84.3 Å². The Morgan fingerprint density at radius 1 is 1.03 bits per heavy atom. The SMILES string of the molecule is Cn1c(-c2ccc3c(c2)CN(C2CCC(=O)NC2=O)C3=O)nc(C(F)(F)F)c1-c1ccccc1. The molecule has 0 aliphatic carbocycles. The highest BCUT2D eigenvalue weighted by molar-refractivity contribution is 6.05. The molecule has 10 heteroatoms. The normalized spacial score (nSPS) is 18.3. The fraction of sp³-hybridized carbons (Fsp3) is 0.250. The molecular weight excluding hydrogens is 449 g/mol. The highest BCUT2D eigenvalue weighted by atomic mass is 19.4. The van der Waals surface area contributed by atoms with Crippen LogP contribution >= 0.6 is 0 Å². The Kier molecular flexibility index (Phi) is 5.03. The third kappa shape index (κ3) is 3.55. The molecule has 0 spiro atoms. The highest BCUT2D eigenvalue weighted by Crippen LogP contribution is 2.39. The Hall–Kier alpha value is -3.95. The lowest BCUT2D eigenvalue weighted by Gasteiger charge is -2.29. The summed E-state index contributed by atoms with van der Waals surface area (Å²) in [5.74, 6) is -1.14. The number of fused-ring (bicyclic) bond motifs is 1. The van der Waals surface area contributed by atoms with E-state index >= 15 is 0 Å². The lowest BCUT2D eigenvalue weighted by molar-refractivity contribution is -0.140. The average molecular weight is 468 g/mol. The average Bonchev–Trinajstić information content (AvgIpc) is 3.31. The van der Waals surface area contributed by atoms with E-state index in [2.05, 4.69) is 10.3 Å². The van der Waals surface area contributed by atoms with Crippen molar-refractivity contribution in [3.63, 3.8) is 0 Å². The summed E-state index contributed by atoms with van der Waals surface area (Å²) < 4.78 is 42.9. The van der Waals surface area contributed by atoms with Gasteiger partial charge in [-0.1, -0.05) is 36.4 Å². The van der Waals surface area contributed by atoms with Crippen molar-refractivity contribution in [3.05, 3.63) is 65.4 Å². The molecule has 1 saturated heterocycles. The lowest BCUT2D eigenvalue weighted by Crippen LogP contribution is -2.52. The summed E-state index contributed by atoms with van der Waals surface area (Å²) in [5.41, 5.74) is 0.734. The molecule has 3 heterocycles. The Morgan fingerprint density at radius 3 is 2.44 bits per heavy atom. The van der Waals surface area contributed by atoms with E-state index < -0.39 is 23.8 Å². The molecule has 174 valence electrons. The maximum absolute atomic E-state index is 13.8. The minimum absolute atomic E-state index is 0.0511. The highest BCUT2D eigenvalue weighted by Gasteiger charge is 2.41. The minimum atomic E-state index is -4.66. The molecule has 7 nitrogen and oxygen atoms in total. The van der Waals surface area contributed by atoms with Crippen molar-refractivity contribution in [2.24, 2.45) is 7.05 Å². The first-order chi connectivity index (χ1) is 16.1. The molecule has 1 unspecified atom stereocenters. The van der Waals surface area contributed by atoms with E-state index in [0.29, 0.717) is 22.3 Å². The molecule has 34 heavy (non-hydrogen) atoms. The van der Waals surface area contributed by atoms with E-state index in [0.717, 1.165) is 0 Å². The number of imide groups is 1. The van der Waals surface area contributed by atoms with Gasteiger partial charge in [-0.15, -0.1) is 0 Å². The number of hydrogen-bond acceptors (Lipinski definition) is 4. The number of nitrogens with zero attached hydrogens (tertiary/aromatic N) is 3. The van der Waals surface area contributed by atoms with Gasteiger partial charge >= 0.3 is 6.18 Å². The fourth-order valence-corrected chi connectivity index (χ4v) is 4.59. The van der Waals surface area contributed by atoms with Crippen LogP contribution in [0.5, 0.6) is 0 Å².